The molecule has 0 aromatic carbocycles. The minimum absolute atomic E-state index is 0.0544. The van der Waals surface area contributed by atoms with Crippen LogP contribution >= 0.6 is 24.8 Å². The molecule has 1 aliphatic heterocycles. The van der Waals surface area contributed by atoms with Crippen LogP contribution in [0.3, 0.4) is 0 Å². The van der Waals surface area contributed by atoms with Crippen molar-refractivity contribution in [3.8, 4) is 0 Å². The van der Waals surface area contributed by atoms with Gasteiger partial charge in [-0.2, -0.15) is 13.2 Å². The highest BCUT2D eigenvalue weighted by atomic mass is 32.1. The molecule has 3 amide bonds. The molecule has 0 unspecified atom stereocenters. The van der Waals surface area contributed by atoms with Crippen LogP contribution in [-0.4, -0.2) is 48.3 Å². The Labute approximate surface area is 159 Å². The van der Waals surface area contributed by atoms with E-state index in [0.29, 0.717) is 23.6 Å². The van der Waals surface area contributed by atoms with Crippen molar-refractivity contribution in [1.29, 1.82) is 0 Å². The van der Waals surface area contributed by atoms with Crippen LogP contribution in [0.5, 0.6) is 0 Å². The zero-order chi connectivity index (χ0) is 19.9. The zero-order valence-corrected chi connectivity index (χ0v) is 15.7. The molecule has 0 saturated heterocycles. The minimum Gasteiger partial charge on any atom is -0.363 e. The fraction of sp³-hybridized carbons (Fsp3) is 0.462. The van der Waals surface area contributed by atoms with Gasteiger partial charge in [0, 0.05) is 42.5 Å². The summed E-state index contributed by atoms with van der Waals surface area (Å²) in [4.78, 5) is 24.1. The predicted molar refractivity (Wildman–Crippen MR) is 96.6 cm³/mol. The maximum Gasteiger partial charge on any atom is 0.472 e. The molecule has 0 aromatic heterocycles. The van der Waals surface area contributed by atoms with Gasteiger partial charge in [-0.3, -0.25) is 15.6 Å². The molecule has 1 rings (SSSR count). The molecule has 1 heterocycles. The van der Waals surface area contributed by atoms with E-state index in [1.54, 1.807) is 18.0 Å². The molecule has 0 spiro atoms. The molecule has 0 atom stereocenters. The first-order valence-corrected chi connectivity index (χ1v) is 8.15. The summed E-state index contributed by atoms with van der Waals surface area (Å²) in [5.74, 6) is -2.13. The van der Waals surface area contributed by atoms with Gasteiger partial charge in [0.25, 0.3) is 0 Å². The Balaban J connectivity index is 2.56. The van der Waals surface area contributed by atoms with E-state index in [-0.39, 0.29) is 17.7 Å². The number of halogens is 3. The number of carbonyl (C=O) groups is 2. The fourth-order valence-corrected chi connectivity index (χ4v) is 2.36. The predicted octanol–water partition coefficient (Wildman–Crippen LogP) is 0.681. The van der Waals surface area contributed by atoms with Crippen LogP contribution < -0.4 is 26.8 Å². The zero-order valence-electron chi connectivity index (χ0n) is 14.0. The Bertz CT molecular complexity index is 636. The first kappa shape index (κ1) is 21.9. The molecule has 13 heteroatoms. The third-order valence-electron chi connectivity index (χ3n) is 3.15. The lowest BCUT2D eigenvalue weighted by molar-refractivity contribution is -0.174. The van der Waals surface area contributed by atoms with Gasteiger partial charge in [0.05, 0.1) is 6.54 Å². The molecule has 146 valence electrons. The third-order valence-corrected chi connectivity index (χ3v) is 3.92. The summed E-state index contributed by atoms with van der Waals surface area (Å²) >= 11 is 9.31. The topological polar surface area (TPSA) is 97.5 Å². The number of hydrogen-bond donors (Lipinski definition) is 6. The molecule has 5 N–H and O–H groups in total. The number of alkyl halides is 3. The lowest BCUT2D eigenvalue weighted by Crippen LogP contribution is -2.53. The standard InChI is InChI=1S/C13H19F3N6O2S2/c1-7(19-11(24)17-2)5-18-8-3-4-22(6-9(8)25)12(26)21-20-10(23)13(14,15)16/h5,18,25H,3-4,6H2,1-2H3,(H,20,23)(H,21,26)(H2,17,19,24). The summed E-state index contributed by atoms with van der Waals surface area (Å²) < 4.78 is 36.4. The van der Waals surface area contributed by atoms with Gasteiger partial charge in [-0.15, -0.1) is 12.6 Å². The summed E-state index contributed by atoms with van der Waals surface area (Å²) in [7, 11) is 1.49. The minimum atomic E-state index is -5.00. The summed E-state index contributed by atoms with van der Waals surface area (Å²) in [6, 6.07) is -0.354. The van der Waals surface area contributed by atoms with E-state index in [9.17, 15) is 22.8 Å². The number of thiocarbonyl (C=S) groups is 1. The molecule has 0 aliphatic carbocycles. The lowest BCUT2D eigenvalue weighted by atomic mass is 10.2. The first-order chi connectivity index (χ1) is 12.0. The Hall–Kier alpha value is -2.15. The van der Waals surface area contributed by atoms with Crippen molar-refractivity contribution < 1.29 is 22.8 Å². The molecule has 0 saturated carbocycles. The maximum absolute atomic E-state index is 12.1. The summed E-state index contributed by atoms with van der Waals surface area (Å²) in [6.45, 7) is 2.34. The van der Waals surface area contributed by atoms with Crippen molar-refractivity contribution in [2.45, 2.75) is 19.5 Å². The lowest BCUT2D eigenvalue weighted by Gasteiger charge is -2.31. The van der Waals surface area contributed by atoms with E-state index < -0.39 is 12.1 Å². The van der Waals surface area contributed by atoms with Crippen LogP contribution in [0.25, 0.3) is 0 Å². The number of urea groups is 1. The van der Waals surface area contributed by atoms with Crippen LogP contribution in [0.1, 0.15) is 13.3 Å². The molecular formula is C13H19F3N6O2S2. The average molecular weight is 412 g/mol. The Kier molecular flexibility index (Phi) is 8.02. The summed E-state index contributed by atoms with van der Waals surface area (Å²) in [5.41, 5.74) is 4.93. The average Bonchev–Trinajstić information content (AvgIpc) is 2.57. The number of rotatable bonds is 3. The summed E-state index contributed by atoms with van der Waals surface area (Å²) in [5, 5.41) is 7.96. The van der Waals surface area contributed by atoms with Crippen LogP contribution in [0.2, 0.25) is 0 Å². The van der Waals surface area contributed by atoms with Crippen LogP contribution in [-0.2, 0) is 4.79 Å². The Morgan fingerprint density at radius 3 is 2.50 bits per heavy atom. The SMILES string of the molecule is CNC(=O)NC(C)=CNC1=C(S)CN(C(=S)NNC(=O)C(F)(F)F)CC1. The number of nitrogens with one attached hydrogen (secondary N) is 5. The largest absolute Gasteiger partial charge is 0.472 e. The van der Waals surface area contributed by atoms with Gasteiger partial charge >= 0.3 is 18.1 Å². The van der Waals surface area contributed by atoms with Crippen LogP contribution in [0.15, 0.2) is 22.5 Å². The van der Waals surface area contributed by atoms with E-state index >= 15 is 0 Å². The van der Waals surface area contributed by atoms with Crippen molar-refractivity contribution in [3.05, 3.63) is 22.5 Å². The monoisotopic (exact) mass is 412 g/mol. The molecule has 26 heavy (non-hydrogen) atoms. The van der Waals surface area contributed by atoms with E-state index in [1.165, 1.54) is 12.5 Å². The van der Waals surface area contributed by atoms with Crippen molar-refractivity contribution in [2.75, 3.05) is 20.1 Å². The first-order valence-electron chi connectivity index (χ1n) is 7.29. The van der Waals surface area contributed by atoms with Crippen LogP contribution in [0, 0.1) is 0 Å². The number of amides is 3. The normalized spacial score (nSPS) is 15.3. The molecule has 8 nitrogen and oxygen atoms in total. The maximum atomic E-state index is 12.1. The summed E-state index contributed by atoms with van der Waals surface area (Å²) in [6.07, 6.45) is -2.92. The smallest absolute Gasteiger partial charge is 0.363 e. The van der Waals surface area contributed by atoms with Crippen molar-refractivity contribution in [3.63, 3.8) is 0 Å². The molecular weight excluding hydrogens is 393 g/mol. The highest BCUT2D eigenvalue weighted by Gasteiger charge is 2.39. The highest BCUT2D eigenvalue weighted by Crippen LogP contribution is 2.19. The Morgan fingerprint density at radius 1 is 1.31 bits per heavy atom. The molecule has 0 aromatic rings. The number of carbonyl (C=O) groups excluding carboxylic acids is 2. The number of allylic oxidation sites excluding steroid dienone is 1. The van der Waals surface area contributed by atoms with Gasteiger partial charge in [0.2, 0.25) is 0 Å². The third kappa shape index (κ3) is 7.00. The Morgan fingerprint density at radius 2 is 1.96 bits per heavy atom. The van der Waals surface area contributed by atoms with E-state index in [1.807, 2.05) is 0 Å². The van der Waals surface area contributed by atoms with Gasteiger partial charge in [0.1, 0.15) is 0 Å². The second-order valence-electron chi connectivity index (χ2n) is 5.15. The molecule has 1 aliphatic rings. The number of thiol groups is 1. The quantitative estimate of drug-likeness (QED) is 0.232. The van der Waals surface area contributed by atoms with Gasteiger partial charge in [-0.25, -0.2) is 4.79 Å². The van der Waals surface area contributed by atoms with Gasteiger partial charge in [-0.05, 0) is 19.1 Å². The van der Waals surface area contributed by atoms with Crippen molar-refractivity contribution in [2.24, 2.45) is 0 Å². The molecule has 0 bridgehead atoms. The second-order valence-corrected chi connectivity index (χ2v) is 6.08. The van der Waals surface area contributed by atoms with Gasteiger partial charge in [-0.1, -0.05) is 0 Å². The van der Waals surface area contributed by atoms with Gasteiger partial charge in [0.15, 0.2) is 5.11 Å². The number of hydrazine groups is 1. The number of hydrogen-bond acceptors (Lipinski definition) is 5. The highest BCUT2D eigenvalue weighted by molar-refractivity contribution is 7.84. The second kappa shape index (κ2) is 9.52. The van der Waals surface area contributed by atoms with Crippen molar-refractivity contribution >= 4 is 41.9 Å². The fourth-order valence-electron chi connectivity index (χ4n) is 1.81. The number of nitrogens with zero attached hydrogens (tertiary/aromatic N) is 1. The van der Waals surface area contributed by atoms with E-state index in [0.717, 1.165) is 5.70 Å². The molecule has 0 radical (unpaired) electrons. The van der Waals surface area contributed by atoms with E-state index in [4.69, 9.17) is 12.2 Å². The molecule has 0 fully saturated rings. The van der Waals surface area contributed by atoms with Crippen LogP contribution in [0.4, 0.5) is 18.0 Å². The van der Waals surface area contributed by atoms with E-state index in [2.05, 4.69) is 34.0 Å². The van der Waals surface area contributed by atoms with Gasteiger partial charge < -0.3 is 20.9 Å². The van der Waals surface area contributed by atoms with Crippen molar-refractivity contribution in [1.82, 2.24) is 31.7 Å².